The first-order valence-electron chi connectivity index (χ1n) is 6.20. The van der Waals surface area contributed by atoms with Gasteiger partial charge in [-0.3, -0.25) is 0 Å². The SMILES string of the molecule is COc1ccc(C(O)COc2ccc(C)cc2)cc1. The molecule has 0 spiro atoms. The van der Waals surface area contributed by atoms with Crippen LogP contribution in [-0.2, 0) is 0 Å². The average Bonchev–Trinajstić information content (AvgIpc) is 2.46. The number of aliphatic hydroxyl groups excluding tert-OH is 1. The summed E-state index contributed by atoms with van der Waals surface area (Å²) in [6.07, 6.45) is -0.646. The van der Waals surface area contributed by atoms with E-state index >= 15 is 0 Å². The van der Waals surface area contributed by atoms with Crippen molar-refractivity contribution in [2.24, 2.45) is 0 Å². The highest BCUT2D eigenvalue weighted by Gasteiger charge is 2.08. The lowest BCUT2D eigenvalue weighted by Gasteiger charge is -2.13. The summed E-state index contributed by atoms with van der Waals surface area (Å²) >= 11 is 0. The van der Waals surface area contributed by atoms with Crippen molar-refractivity contribution in [2.45, 2.75) is 13.0 Å². The molecule has 0 aliphatic carbocycles. The number of benzene rings is 2. The van der Waals surface area contributed by atoms with Crippen molar-refractivity contribution in [3.8, 4) is 11.5 Å². The Morgan fingerprint density at radius 1 is 0.947 bits per heavy atom. The van der Waals surface area contributed by atoms with Crippen molar-refractivity contribution in [2.75, 3.05) is 13.7 Å². The summed E-state index contributed by atoms with van der Waals surface area (Å²) in [6.45, 7) is 2.26. The molecule has 3 nitrogen and oxygen atoms in total. The molecule has 0 fully saturated rings. The van der Waals surface area contributed by atoms with Crippen molar-refractivity contribution in [3.63, 3.8) is 0 Å². The Morgan fingerprint density at radius 3 is 2.11 bits per heavy atom. The summed E-state index contributed by atoms with van der Waals surface area (Å²) in [4.78, 5) is 0. The Balaban J connectivity index is 1.93. The lowest BCUT2D eigenvalue weighted by molar-refractivity contribution is 0.108. The number of methoxy groups -OCH3 is 1. The van der Waals surface area contributed by atoms with Gasteiger partial charge in [0, 0.05) is 0 Å². The zero-order valence-corrected chi connectivity index (χ0v) is 11.2. The molecule has 0 saturated heterocycles. The third-order valence-electron chi connectivity index (χ3n) is 2.93. The molecule has 0 bridgehead atoms. The molecule has 0 aliphatic rings. The molecule has 19 heavy (non-hydrogen) atoms. The van der Waals surface area contributed by atoms with Gasteiger partial charge >= 0.3 is 0 Å². The summed E-state index contributed by atoms with van der Waals surface area (Å²) in [5, 5.41) is 10.0. The van der Waals surface area contributed by atoms with Gasteiger partial charge in [0.15, 0.2) is 0 Å². The molecular formula is C16H18O3. The Hall–Kier alpha value is -2.00. The van der Waals surface area contributed by atoms with Crippen LogP contribution in [0, 0.1) is 6.92 Å². The molecule has 3 heteroatoms. The first-order valence-corrected chi connectivity index (χ1v) is 6.20. The van der Waals surface area contributed by atoms with Crippen molar-refractivity contribution in [1.82, 2.24) is 0 Å². The smallest absolute Gasteiger partial charge is 0.119 e. The van der Waals surface area contributed by atoms with E-state index in [2.05, 4.69) is 0 Å². The molecule has 2 aromatic rings. The van der Waals surface area contributed by atoms with E-state index in [4.69, 9.17) is 9.47 Å². The zero-order chi connectivity index (χ0) is 13.7. The minimum atomic E-state index is -0.646. The van der Waals surface area contributed by atoms with Gasteiger partial charge in [0.2, 0.25) is 0 Å². The van der Waals surface area contributed by atoms with Gasteiger partial charge in [-0.2, -0.15) is 0 Å². The van der Waals surface area contributed by atoms with Gasteiger partial charge in [-0.1, -0.05) is 29.8 Å². The molecule has 0 radical (unpaired) electrons. The minimum absolute atomic E-state index is 0.232. The van der Waals surface area contributed by atoms with Crippen LogP contribution in [0.3, 0.4) is 0 Å². The molecule has 1 unspecified atom stereocenters. The average molecular weight is 258 g/mol. The van der Waals surface area contributed by atoms with E-state index in [1.165, 1.54) is 5.56 Å². The highest BCUT2D eigenvalue weighted by Crippen LogP contribution is 2.19. The third kappa shape index (κ3) is 3.73. The Labute approximate surface area is 113 Å². The molecule has 0 aliphatic heterocycles. The lowest BCUT2D eigenvalue weighted by Crippen LogP contribution is -2.09. The first-order chi connectivity index (χ1) is 9.19. The minimum Gasteiger partial charge on any atom is -0.497 e. The van der Waals surface area contributed by atoms with E-state index < -0.39 is 6.10 Å². The number of hydrogen-bond donors (Lipinski definition) is 1. The molecule has 0 amide bonds. The van der Waals surface area contributed by atoms with Gasteiger partial charge in [-0.25, -0.2) is 0 Å². The zero-order valence-electron chi connectivity index (χ0n) is 11.2. The summed E-state index contributed by atoms with van der Waals surface area (Å²) in [6, 6.07) is 15.1. The lowest BCUT2D eigenvalue weighted by atomic mass is 10.1. The van der Waals surface area contributed by atoms with Crippen LogP contribution >= 0.6 is 0 Å². The van der Waals surface area contributed by atoms with Crippen molar-refractivity contribution in [3.05, 3.63) is 59.7 Å². The summed E-state index contributed by atoms with van der Waals surface area (Å²) < 4.78 is 10.6. The Morgan fingerprint density at radius 2 is 1.53 bits per heavy atom. The Bertz CT molecular complexity index is 503. The second-order valence-electron chi connectivity index (χ2n) is 4.41. The maximum absolute atomic E-state index is 10.0. The second-order valence-corrected chi connectivity index (χ2v) is 4.41. The predicted molar refractivity (Wildman–Crippen MR) is 74.6 cm³/mol. The highest BCUT2D eigenvalue weighted by atomic mass is 16.5. The summed E-state index contributed by atoms with van der Waals surface area (Å²) in [5.41, 5.74) is 2.00. The fourth-order valence-corrected chi connectivity index (χ4v) is 1.73. The van der Waals surface area contributed by atoms with Crippen LogP contribution in [-0.4, -0.2) is 18.8 Å². The molecule has 2 aromatic carbocycles. The summed E-state index contributed by atoms with van der Waals surface area (Å²) in [7, 11) is 1.62. The van der Waals surface area contributed by atoms with E-state index in [1.54, 1.807) is 7.11 Å². The van der Waals surface area contributed by atoms with Crippen LogP contribution in [0.5, 0.6) is 11.5 Å². The first kappa shape index (κ1) is 13.4. The molecule has 0 heterocycles. The molecule has 0 aromatic heterocycles. The largest absolute Gasteiger partial charge is 0.497 e. The molecular weight excluding hydrogens is 240 g/mol. The number of ether oxygens (including phenoxy) is 2. The summed E-state index contributed by atoms with van der Waals surface area (Å²) in [5.74, 6) is 1.54. The topological polar surface area (TPSA) is 38.7 Å². The third-order valence-corrected chi connectivity index (χ3v) is 2.93. The molecule has 1 N–H and O–H groups in total. The van der Waals surface area contributed by atoms with E-state index in [-0.39, 0.29) is 6.61 Å². The fourth-order valence-electron chi connectivity index (χ4n) is 1.73. The van der Waals surface area contributed by atoms with Gasteiger partial charge in [0.05, 0.1) is 7.11 Å². The maximum atomic E-state index is 10.0. The molecule has 100 valence electrons. The van der Waals surface area contributed by atoms with Crippen LogP contribution in [0.1, 0.15) is 17.2 Å². The standard InChI is InChI=1S/C16H18O3/c1-12-3-7-15(8-4-12)19-11-16(17)13-5-9-14(18-2)10-6-13/h3-10,16-17H,11H2,1-2H3. The number of rotatable bonds is 5. The highest BCUT2D eigenvalue weighted by molar-refractivity contribution is 5.29. The monoisotopic (exact) mass is 258 g/mol. The van der Waals surface area contributed by atoms with Crippen LogP contribution < -0.4 is 9.47 Å². The van der Waals surface area contributed by atoms with E-state index in [0.29, 0.717) is 0 Å². The fraction of sp³-hybridized carbons (Fsp3) is 0.250. The normalized spacial score (nSPS) is 11.9. The molecule has 0 saturated carbocycles. The van der Waals surface area contributed by atoms with E-state index in [1.807, 2.05) is 55.5 Å². The van der Waals surface area contributed by atoms with Crippen LogP contribution in [0.15, 0.2) is 48.5 Å². The van der Waals surface area contributed by atoms with Crippen molar-refractivity contribution < 1.29 is 14.6 Å². The van der Waals surface area contributed by atoms with E-state index in [0.717, 1.165) is 17.1 Å². The Kier molecular flexibility index (Phi) is 4.42. The predicted octanol–water partition coefficient (Wildman–Crippen LogP) is 3.12. The van der Waals surface area contributed by atoms with Crippen LogP contribution in [0.2, 0.25) is 0 Å². The van der Waals surface area contributed by atoms with Crippen LogP contribution in [0.25, 0.3) is 0 Å². The van der Waals surface area contributed by atoms with Gasteiger partial charge in [-0.15, -0.1) is 0 Å². The molecule has 1 atom stereocenters. The van der Waals surface area contributed by atoms with E-state index in [9.17, 15) is 5.11 Å². The maximum Gasteiger partial charge on any atom is 0.119 e. The van der Waals surface area contributed by atoms with Gasteiger partial charge < -0.3 is 14.6 Å². The van der Waals surface area contributed by atoms with Crippen molar-refractivity contribution in [1.29, 1.82) is 0 Å². The van der Waals surface area contributed by atoms with Gasteiger partial charge in [-0.05, 0) is 36.8 Å². The van der Waals surface area contributed by atoms with Crippen LogP contribution in [0.4, 0.5) is 0 Å². The quantitative estimate of drug-likeness (QED) is 0.895. The van der Waals surface area contributed by atoms with Gasteiger partial charge in [0.1, 0.15) is 24.2 Å². The number of hydrogen-bond acceptors (Lipinski definition) is 3. The van der Waals surface area contributed by atoms with Gasteiger partial charge in [0.25, 0.3) is 0 Å². The number of aliphatic hydroxyl groups is 1. The number of aryl methyl sites for hydroxylation is 1. The molecule has 2 rings (SSSR count). The second kappa shape index (κ2) is 6.25. The van der Waals surface area contributed by atoms with Crippen molar-refractivity contribution >= 4 is 0 Å².